The number of hydrogen-bond acceptors (Lipinski definition) is 1. The third-order valence-corrected chi connectivity index (χ3v) is 4.16. The Morgan fingerprint density at radius 1 is 0.950 bits per heavy atom. The van der Waals surface area contributed by atoms with E-state index in [9.17, 15) is 0 Å². The van der Waals surface area contributed by atoms with Gasteiger partial charge in [-0.25, -0.2) is 0 Å². The molecule has 20 heavy (non-hydrogen) atoms. The third kappa shape index (κ3) is 3.54. The van der Waals surface area contributed by atoms with Gasteiger partial charge < -0.3 is 5.32 Å². The van der Waals surface area contributed by atoms with Gasteiger partial charge in [0.15, 0.2) is 0 Å². The monoisotopic (exact) mass is 307 g/mol. The van der Waals surface area contributed by atoms with Crippen LogP contribution >= 0.6 is 23.2 Å². The zero-order valence-electron chi connectivity index (χ0n) is 11.8. The maximum absolute atomic E-state index is 6.11. The van der Waals surface area contributed by atoms with Crippen LogP contribution in [0.4, 0.5) is 0 Å². The van der Waals surface area contributed by atoms with Gasteiger partial charge in [0.1, 0.15) is 0 Å². The summed E-state index contributed by atoms with van der Waals surface area (Å²) in [5.74, 6) is 0. The van der Waals surface area contributed by atoms with Gasteiger partial charge in [-0.3, -0.25) is 0 Å². The predicted molar refractivity (Wildman–Crippen MR) is 87.8 cm³/mol. The quantitative estimate of drug-likeness (QED) is 0.795. The molecule has 0 aliphatic heterocycles. The maximum atomic E-state index is 6.11. The van der Waals surface area contributed by atoms with E-state index in [1.54, 1.807) is 0 Å². The smallest absolute Gasteiger partial charge is 0.0595 e. The lowest BCUT2D eigenvalue weighted by Gasteiger charge is -2.18. The lowest BCUT2D eigenvalue weighted by Crippen LogP contribution is -2.17. The molecule has 0 fully saturated rings. The summed E-state index contributed by atoms with van der Waals surface area (Å²) in [6.07, 6.45) is 2.29. The van der Waals surface area contributed by atoms with Crippen LogP contribution in [0.2, 0.25) is 10.0 Å². The molecule has 1 unspecified atom stereocenters. The molecule has 2 rings (SSSR count). The molecule has 106 valence electrons. The molecule has 1 atom stereocenters. The summed E-state index contributed by atoms with van der Waals surface area (Å²) < 4.78 is 0. The Morgan fingerprint density at radius 3 is 2.15 bits per heavy atom. The zero-order valence-corrected chi connectivity index (χ0v) is 13.3. The summed E-state index contributed by atoms with van der Waals surface area (Å²) in [5.41, 5.74) is 3.72. The van der Waals surface area contributed by atoms with Crippen molar-refractivity contribution >= 4 is 23.2 Å². The number of benzene rings is 2. The second-order valence-corrected chi connectivity index (χ2v) is 5.70. The summed E-state index contributed by atoms with van der Waals surface area (Å²) in [6, 6.07) is 14.6. The van der Waals surface area contributed by atoms with E-state index in [-0.39, 0.29) is 6.04 Å². The number of aryl methyl sites for hydroxylation is 1. The van der Waals surface area contributed by atoms with Crippen LogP contribution in [0.5, 0.6) is 0 Å². The Kier molecular flexibility index (Phi) is 5.47. The predicted octanol–water partition coefficient (Wildman–Crippen LogP) is 5.25. The van der Waals surface area contributed by atoms with Gasteiger partial charge in [0.2, 0.25) is 0 Å². The highest BCUT2D eigenvalue weighted by Crippen LogP contribution is 2.28. The molecule has 0 saturated heterocycles. The summed E-state index contributed by atoms with van der Waals surface area (Å²) in [5, 5.41) is 4.51. The maximum Gasteiger partial charge on any atom is 0.0595 e. The van der Waals surface area contributed by atoms with Crippen LogP contribution in [-0.4, -0.2) is 7.05 Å². The molecule has 0 aliphatic carbocycles. The fourth-order valence-corrected chi connectivity index (χ4v) is 2.69. The Balaban J connectivity index is 2.29. The minimum absolute atomic E-state index is 0.125. The fraction of sp³-hybridized carbons (Fsp3) is 0.294. The molecule has 0 bridgehead atoms. The van der Waals surface area contributed by atoms with Crippen molar-refractivity contribution in [1.29, 1.82) is 0 Å². The van der Waals surface area contributed by atoms with Gasteiger partial charge in [-0.1, -0.05) is 66.9 Å². The summed E-state index contributed by atoms with van der Waals surface area (Å²) in [7, 11) is 1.95. The Hall–Kier alpha value is -1.02. The van der Waals surface area contributed by atoms with E-state index in [0.717, 1.165) is 12.0 Å². The lowest BCUT2D eigenvalue weighted by molar-refractivity contribution is 0.691. The van der Waals surface area contributed by atoms with Gasteiger partial charge in [0.25, 0.3) is 0 Å². The van der Waals surface area contributed by atoms with Gasteiger partial charge in [-0.15, -0.1) is 0 Å². The lowest BCUT2D eigenvalue weighted by atomic mass is 9.97. The molecule has 2 aromatic rings. The summed E-state index contributed by atoms with van der Waals surface area (Å²) in [4.78, 5) is 0. The van der Waals surface area contributed by atoms with Crippen molar-refractivity contribution in [2.75, 3.05) is 7.05 Å². The molecular weight excluding hydrogens is 289 g/mol. The zero-order chi connectivity index (χ0) is 14.5. The molecular formula is C17H19Cl2N. The first-order valence-electron chi connectivity index (χ1n) is 6.86. The van der Waals surface area contributed by atoms with Crippen LogP contribution in [0.1, 0.15) is 36.1 Å². The van der Waals surface area contributed by atoms with E-state index in [1.807, 2.05) is 25.2 Å². The summed E-state index contributed by atoms with van der Waals surface area (Å²) >= 11 is 12.1. The van der Waals surface area contributed by atoms with E-state index >= 15 is 0 Å². The molecule has 0 aromatic heterocycles. The minimum atomic E-state index is 0.125. The topological polar surface area (TPSA) is 12.0 Å². The number of nitrogens with one attached hydrogen (secondary N) is 1. The first kappa shape index (κ1) is 15.4. The van der Waals surface area contributed by atoms with Crippen LogP contribution in [-0.2, 0) is 6.42 Å². The molecule has 1 nitrogen and oxygen atoms in total. The SMILES string of the molecule is CCCc1ccc(C(NC)c2ccc(Cl)c(Cl)c2)cc1. The van der Waals surface area contributed by atoms with Crippen molar-refractivity contribution in [2.24, 2.45) is 0 Å². The van der Waals surface area contributed by atoms with E-state index in [2.05, 4.69) is 36.5 Å². The van der Waals surface area contributed by atoms with Gasteiger partial charge in [-0.2, -0.15) is 0 Å². The van der Waals surface area contributed by atoms with Crippen LogP contribution in [0.25, 0.3) is 0 Å². The average molecular weight is 308 g/mol. The fourth-order valence-electron chi connectivity index (χ4n) is 2.38. The van der Waals surface area contributed by atoms with Gasteiger partial charge in [0, 0.05) is 0 Å². The van der Waals surface area contributed by atoms with E-state index in [4.69, 9.17) is 23.2 Å². The normalized spacial score (nSPS) is 12.4. The van der Waals surface area contributed by atoms with Crippen molar-refractivity contribution in [3.63, 3.8) is 0 Å². The van der Waals surface area contributed by atoms with Crippen LogP contribution in [0.3, 0.4) is 0 Å². The molecule has 0 heterocycles. The Bertz CT molecular complexity index is 564. The first-order chi connectivity index (χ1) is 9.65. The average Bonchev–Trinajstić information content (AvgIpc) is 2.46. The largest absolute Gasteiger partial charge is 0.309 e. The highest BCUT2D eigenvalue weighted by atomic mass is 35.5. The summed E-state index contributed by atoms with van der Waals surface area (Å²) in [6.45, 7) is 2.19. The van der Waals surface area contributed by atoms with Gasteiger partial charge in [-0.05, 0) is 42.3 Å². The minimum Gasteiger partial charge on any atom is -0.309 e. The molecule has 0 aliphatic rings. The highest BCUT2D eigenvalue weighted by Gasteiger charge is 2.13. The van der Waals surface area contributed by atoms with Crippen molar-refractivity contribution in [3.05, 3.63) is 69.2 Å². The molecule has 2 aromatic carbocycles. The van der Waals surface area contributed by atoms with Gasteiger partial charge in [0.05, 0.1) is 16.1 Å². The van der Waals surface area contributed by atoms with Crippen molar-refractivity contribution in [3.8, 4) is 0 Å². The molecule has 1 N–H and O–H groups in total. The van der Waals surface area contributed by atoms with Crippen LogP contribution in [0.15, 0.2) is 42.5 Å². The Morgan fingerprint density at radius 2 is 1.60 bits per heavy atom. The van der Waals surface area contributed by atoms with Gasteiger partial charge >= 0.3 is 0 Å². The first-order valence-corrected chi connectivity index (χ1v) is 7.62. The molecule has 0 saturated carbocycles. The third-order valence-electron chi connectivity index (χ3n) is 3.42. The molecule has 0 radical (unpaired) electrons. The molecule has 0 spiro atoms. The Labute approximate surface area is 130 Å². The molecule has 0 amide bonds. The van der Waals surface area contributed by atoms with Crippen LogP contribution < -0.4 is 5.32 Å². The van der Waals surface area contributed by atoms with Crippen molar-refractivity contribution in [2.45, 2.75) is 25.8 Å². The standard InChI is InChI=1S/C17H19Cl2N/c1-3-4-12-5-7-13(8-6-12)17(20-2)14-9-10-15(18)16(19)11-14/h5-11,17,20H,3-4H2,1-2H3. The van der Waals surface area contributed by atoms with Crippen molar-refractivity contribution in [1.82, 2.24) is 5.32 Å². The van der Waals surface area contributed by atoms with Crippen molar-refractivity contribution < 1.29 is 0 Å². The van der Waals surface area contributed by atoms with E-state index in [1.165, 1.54) is 17.5 Å². The molecule has 3 heteroatoms. The highest BCUT2D eigenvalue weighted by molar-refractivity contribution is 6.42. The number of hydrogen-bond donors (Lipinski definition) is 1. The van der Waals surface area contributed by atoms with E-state index < -0.39 is 0 Å². The number of rotatable bonds is 5. The second kappa shape index (κ2) is 7.12. The van der Waals surface area contributed by atoms with Crippen LogP contribution in [0, 0.1) is 0 Å². The second-order valence-electron chi connectivity index (χ2n) is 4.89. The number of halogens is 2. The van der Waals surface area contributed by atoms with E-state index in [0.29, 0.717) is 10.0 Å².